The number of hydrogen-bond acceptors (Lipinski definition) is 2. The van der Waals surface area contributed by atoms with E-state index in [2.05, 4.69) is 26.6 Å². The van der Waals surface area contributed by atoms with Gasteiger partial charge in [-0.3, -0.25) is 4.79 Å². The summed E-state index contributed by atoms with van der Waals surface area (Å²) in [5.74, 6) is -0.353. The average Bonchev–Trinajstić information content (AvgIpc) is 2.26. The molecule has 1 aromatic carbocycles. The van der Waals surface area contributed by atoms with Crippen molar-refractivity contribution in [1.29, 1.82) is 0 Å². The summed E-state index contributed by atoms with van der Waals surface area (Å²) in [5, 5.41) is 5.03. The van der Waals surface area contributed by atoms with E-state index in [0.717, 1.165) is 6.07 Å². The van der Waals surface area contributed by atoms with Crippen LogP contribution in [0.3, 0.4) is 0 Å². The number of alkyl halides is 3. The fourth-order valence-corrected chi connectivity index (χ4v) is 1.74. The molecule has 1 amide bonds. The monoisotopic (exact) mass is 360 g/mol. The molecule has 0 aliphatic rings. The number of benzene rings is 1. The molecule has 0 bridgehead atoms. The van der Waals surface area contributed by atoms with Gasteiger partial charge in [-0.25, -0.2) is 0 Å². The number of amides is 1. The summed E-state index contributed by atoms with van der Waals surface area (Å²) < 4.78 is 38.6. The van der Waals surface area contributed by atoms with E-state index in [0.29, 0.717) is 4.47 Å². The number of rotatable bonds is 4. The van der Waals surface area contributed by atoms with Crippen LogP contribution in [0.15, 0.2) is 22.7 Å². The fourth-order valence-electron chi connectivity index (χ4n) is 1.38. The standard InChI is InChI=1S/C11H12BrF3N2O.ClH/c1-16-6-10(18)17-5-7-2-3-8(12)4-9(7)11(13,14)15;/h2-4,16H,5-6H2,1H3,(H,17,18);1H. The van der Waals surface area contributed by atoms with E-state index < -0.39 is 11.7 Å². The molecule has 108 valence electrons. The molecule has 0 saturated carbocycles. The third-order valence-corrected chi connectivity index (χ3v) is 2.68. The largest absolute Gasteiger partial charge is 0.416 e. The lowest BCUT2D eigenvalue weighted by molar-refractivity contribution is -0.138. The summed E-state index contributed by atoms with van der Waals surface area (Å²) in [6.07, 6.45) is -4.44. The van der Waals surface area contributed by atoms with Gasteiger partial charge in [-0.1, -0.05) is 22.0 Å². The second kappa shape index (κ2) is 7.72. The lowest BCUT2D eigenvalue weighted by Crippen LogP contribution is -2.32. The highest BCUT2D eigenvalue weighted by Gasteiger charge is 2.33. The first kappa shape index (κ1) is 18.2. The van der Waals surface area contributed by atoms with Gasteiger partial charge in [0, 0.05) is 11.0 Å². The molecule has 19 heavy (non-hydrogen) atoms. The normalized spacial score (nSPS) is 10.8. The first-order valence-electron chi connectivity index (χ1n) is 5.11. The second-order valence-corrected chi connectivity index (χ2v) is 4.52. The van der Waals surface area contributed by atoms with Crippen molar-refractivity contribution in [2.24, 2.45) is 0 Å². The molecule has 1 aromatic rings. The van der Waals surface area contributed by atoms with Gasteiger partial charge in [0.2, 0.25) is 5.91 Å². The Morgan fingerprint density at radius 3 is 2.53 bits per heavy atom. The Labute approximate surface area is 123 Å². The number of halogens is 5. The summed E-state index contributed by atoms with van der Waals surface area (Å²) in [5.41, 5.74) is -0.711. The van der Waals surface area contributed by atoms with Crippen molar-refractivity contribution in [3.8, 4) is 0 Å². The zero-order chi connectivity index (χ0) is 13.8. The molecule has 0 radical (unpaired) electrons. The van der Waals surface area contributed by atoms with Crippen LogP contribution in [0.2, 0.25) is 0 Å². The van der Waals surface area contributed by atoms with Gasteiger partial charge >= 0.3 is 6.18 Å². The van der Waals surface area contributed by atoms with E-state index in [1.54, 1.807) is 7.05 Å². The van der Waals surface area contributed by atoms with Gasteiger partial charge in [-0.15, -0.1) is 12.4 Å². The highest BCUT2D eigenvalue weighted by molar-refractivity contribution is 9.10. The number of likely N-dealkylation sites (N-methyl/N-ethyl adjacent to an activating group) is 1. The van der Waals surface area contributed by atoms with Crippen molar-refractivity contribution in [1.82, 2.24) is 10.6 Å². The average molecular weight is 362 g/mol. The Bertz CT molecular complexity index is 440. The summed E-state index contributed by atoms with van der Waals surface area (Å²) in [7, 11) is 1.58. The maximum atomic E-state index is 12.8. The number of nitrogens with one attached hydrogen (secondary N) is 2. The van der Waals surface area contributed by atoms with Crippen molar-refractivity contribution in [2.75, 3.05) is 13.6 Å². The summed E-state index contributed by atoms with van der Waals surface area (Å²) in [4.78, 5) is 11.2. The maximum absolute atomic E-state index is 12.8. The first-order chi connectivity index (χ1) is 8.34. The topological polar surface area (TPSA) is 41.1 Å². The Balaban J connectivity index is 0.00000324. The van der Waals surface area contributed by atoms with E-state index in [4.69, 9.17) is 0 Å². The highest BCUT2D eigenvalue weighted by Crippen LogP contribution is 2.33. The predicted molar refractivity (Wildman–Crippen MR) is 72.2 cm³/mol. The van der Waals surface area contributed by atoms with Crippen LogP contribution in [0.1, 0.15) is 11.1 Å². The SMILES string of the molecule is CNCC(=O)NCc1ccc(Br)cc1C(F)(F)F.Cl. The van der Waals surface area contributed by atoms with Crippen molar-refractivity contribution >= 4 is 34.2 Å². The van der Waals surface area contributed by atoms with Crippen LogP contribution < -0.4 is 10.6 Å². The summed E-state index contributed by atoms with van der Waals surface area (Å²) >= 11 is 3.00. The zero-order valence-corrected chi connectivity index (χ0v) is 12.4. The predicted octanol–water partition coefficient (Wildman–Crippen LogP) is 2.73. The lowest BCUT2D eigenvalue weighted by atomic mass is 10.1. The molecule has 3 nitrogen and oxygen atoms in total. The molecule has 8 heteroatoms. The van der Waals surface area contributed by atoms with Crippen LogP contribution in [0.4, 0.5) is 13.2 Å². The van der Waals surface area contributed by atoms with Crippen LogP contribution in [0.25, 0.3) is 0 Å². The highest BCUT2D eigenvalue weighted by atomic mass is 79.9. The molecule has 0 atom stereocenters. The fraction of sp³-hybridized carbons (Fsp3) is 0.364. The van der Waals surface area contributed by atoms with Crippen molar-refractivity contribution in [3.05, 3.63) is 33.8 Å². The number of carbonyl (C=O) groups is 1. The zero-order valence-electron chi connectivity index (χ0n) is 9.97. The van der Waals surface area contributed by atoms with E-state index in [1.165, 1.54) is 12.1 Å². The minimum absolute atomic E-state index is 0. The molecule has 0 fully saturated rings. The molecule has 0 heterocycles. The van der Waals surface area contributed by atoms with Gasteiger partial charge in [-0.2, -0.15) is 13.2 Å². The smallest absolute Gasteiger partial charge is 0.351 e. The van der Waals surface area contributed by atoms with Crippen LogP contribution in [0, 0.1) is 0 Å². The number of hydrogen-bond donors (Lipinski definition) is 2. The van der Waals surface area contributed by atoms with Crippen molar-refractivity contribution < 1.29 is 18.0 Å². The summed E-state index contributed by atoms with van der Waals surface area (Å²) in [6.45, 7) is -0.0828. The van der Waals surface area contributed by atoms with E-state index in [1.807, 2.05) is 0 Å². The van der Waals surface area contributed by atoms with Gasteiger partial charge in [0.25, 0.3) is 0 Å². The number of carbonyl (C=O) groups excluding carboxylic acids is 1. The van der Waals surface area contributed by atoms with Gasteiger partial charge in [0.15, 0.2) is 0 Å². The second-order valence-electron chi connectivity index (χ2n) is 3.61. The molecule has 0 aliphatic carbocycles. The third-order valence-electron chi connectivity index (χ3n) is 2.19. The van der Waals surface area contributed by atoms with Crippen LogP contribution in [-0.4, -0.2) is 19.5 Å². The molecule has 0 aromatic heterocycles. The molecule has 0 saturated heterocycles. The molecular weight excluding hydrogens is 348 g/mol. The van der Waals surface area contributed by atoms with E-state index in [-0.39, 0.29) is 37.0 Å². The van der Waals surface area contributed by atoms with Gasteiger partial charge in [0.1, 0.15) is 0 Å². The van der Waals surface area contributed by atoms with E-state index in [9.17, 15) is 18.0 Å². The molecule has 0 unspecified atom stereocenters. The Morgan fingerprint density at radius 1 is 1.37 bits per heavy atom. The molecule has 1 rings (SSSR count). The molecular formula is C11H13BrClF3N2O. The lowest BCUT2D eigenvalue weighted by Gasteiger charge is -2.14. The van der Waals surface area contributed by atoms with Crippen LogP contribution >= 0.6 is 28.3 Å². The van der Waals surface area contributed by atoms with Gasteiger partial charge < -0.3 is 10.6 Å². The molecule has 0 aliphatic heterocycles. The van der Waals surface area contributed by atoms with Crippen molar-refractivity contribution in [2.45, 2.75) is 12.7 Å². The Kier molecular flexibility index (Phi) is 7.39. The van der Waals surface area contributed by atoms with Crippen LogP contribution in [-0.2, 0) is 17.5 Å². The third kappa shape index (κ3) is 5.80. The Hall–Kier alpha value is -0.790. The minimum atomic E-state index is -4.44. The quantitative estimate of drug-likeness (QED) is 0.866. The molecule has 0 spiro atoms. The molecule has 2 N–H and O–H groups in total. The van der Waals surface area contributed by atoms with Crippen molar-refractivity contribution in [3.63, 3.8) is 0 Å². The Morgan fingerprint density at radius 2 is 2.00 bits per heavy atom. The van der Waals surface area contributed by atoms with Crippen LogP contribution in [0.5, 0.6) is 0 Å². The minimum Gasteiger partial charge on any atom is -0.351 e. The first-order valence-corrected chi connectivity index (χ1v) is 5.91. The summed E-state index contributed by atoms with van der Waals surface area (Å²) in [6, 6.07) is 3.85. The maximum Gasteiger partial charge on any atom is 0.416 e. The van der Waals surface area contributed by atoms with E-state index >= 15 is 0 Å². The van der Waals surface area contributed by atoms with Gasteiger partial charge in [0.05, 0.1) is 12.1 Å². The van der Waals surface area contributed by atoms with Gasteiger partial charge in [-0.05, 0) is 24.7 Å².